The number of ether oxygens (including phenoxy) is 1. The fourth-order valence-electron chi connectivity index (χ4n) is 1.99. The Balaban J connectivity index is 2.46. The fraction of sp³-hybridized carbons (Fsp3) is 0.750. The van der Waals surface area contributed by atoms with E-state index in [1.807, 2.05) is 0 Å². The zero-order valence-corrected chi connectivity index (χ0v) is 9.59. The SMILES string of the molecule is CCC=C1CC(COC(C)=O)C1(C)C. The highest BCUT2D eigenvalue weighted by molar-refractivity contribution is 5.65. The number of carbonyl (C=O) groups is 1. The van der Waals surface area contributed by atoms with Gasteiger partial charge in [0.15, 0.2) is 0 Å². The number of rotatable bonds is 3. The molecule has 0 heterocycles. The maximum Gasteiger partial charge on any atom is 0.302 e. The molecule has 1 aliphatic rings. The van der Waals surface area contributed by atoms with Gasteiger partial charge in [-0.05, 0) is 18.3 Å². The monoisotopic (exact) mass is 196 g/mol. The first-order valence-corrected chi connectivity index (χ1v) is 5.31. The van der Waals surface area contributed by atoms with Crippen molar-refractivity contribution in [2.75, 3.05) is 6.61 Å². The molecule has 80 valence electrons. The summed E-state index contributed by atoms with van der Waals surface area (Å²) >= 11 is 0. The van der Waals surface area contributed by atoms with Crippen LogP contribution in [0.3, 0.4) is 0 Å². The first-order valence-electron chi connectivity index (χ1n) is 5.31. The lowest BCUT2D eigenvalue weighted by Crippen LogP contribution is -2.40. The third kappa shape index (κ3) is 2.17. The minimum atomic E-state index is -0.172. The van der Waals surface area contributed by atoms with Gasteiger partial charge in [0.2, 0.25) is 0 Å². The maximum atomic E-state index is 10.7. The third-order valence-corrected chi connectivity index (χ3v) is 3.25. The first kappa shape index (κ1) is 11.3. The Bertz CT molecular complexity index is 251. The van der Waals surface area contributed by atoms with Crippen LogP contribution in [0.15, 0.2) is 11.6 Å². The Morgan fingerprint density at radius 1 is 1.64 bits per heavy atom. The molecular weight excluding hydrogens is 176 g/mol. The summed E-state index contributed by atoms with van der Waals surface area (Å²) in [6.45, 7) is 8.65. The van der Waals surface area contributed by atoms with Crippen LogP contribution in [0.4, 0.5) is 0 Å². The molecule has 0 radical (unpaired) electrons. The van der Waals surface area contributed by atoms with Gasteiger partial charge in [0.25, 0.3) is 0 Å². The second-order valence-electron chi connectivity index (χ2n) is 4.56. The van der Waals surface area contributed by atoms with Gasteiger partial charge in [0, 0.05) is 12.8 Å². The highest BCUT2D eigenvalue weighted by Crippen LogP contribution is 2.50. The minimum absolute atomic E-state index is 0.172. The lowest BCUT2D eigenvalue weighted by molar-refractivity contribution is -0.144. The number of carbonyl (C=O) groups excluding carboxylic acids is 1. The minimum Gasteiger partial charge on any atom is -0.466 e. The van der Waals surface area contributed by atoms with Gasteiger partial charge >= 0.3 is 5.97 Å². The molecule has 0 amide bonds. The van der Waals surface area contributed by atoms with Crippen LogP contribution < -0.4 is 0 Å². The lowest BCUT2D eigenvalue weighted by atomic mass is 9.59. The molecule has 2 heteroatoms. The molecule has 2 nitrogen and oxygen atoms in total. The molecule has 0 bridgehead atoms. The van der Waals surface area contributed by atoms with Crippen LogP contribution in [0.1, 0.15) is 40.5 Å². The van der Waals surface area contributed by atoms with Crippen LogP contribution in [0.2, 0.25) is 0 Å². The Kier molecular flexibility index (Phi) is 3.35. The van der Waals surface area contributed by atoms with E-state index in [1.165, 1.54) is 12.5 Å². The second kappa shape index (κ2) is 4.16. The summed E-state index contributed by atoms with van der Waals surface area (Å²) in [5.74, 6) is 0.331. The predicted molar refractivity (Wildman–Crippen MR) is 56.9 cm³/mol. The molecule has 0 aromatic carbocycles. The van der Waals surface area contributed by atoms with E-state index in [0.29, 0.717) is 12.5 Å². The summed E-state index contributed by atoms with van der Waals surface area (Å²) < 4.78 is 5.04. The summed E-state index contributed by atoms with van der Waals surface area (Å²) in [6.07, 6.45) is 4.48. The average molecular weight is 196 g/mol. The molecule has 0 spiro atoms. The normalized spacial score (nSPS) is 27.1. The molecule has 0 saturated heterocycles. The average Bonchev–Trinajstić information content (AvgIpc) is 2.09. The van der Waals surface area contributed by atoms with Gasteiger partial charge < -0.3 is 4.74 Å². The van der Waals surface area contributed by atoms with Crippen LogP contribution in [0, 0.1) is 11.3 Å². The van der Waals surface area contributed by atoms with E-state index in [2.05, 4.69) is 26.8 Å². The van der Waals surface area contributed by atoms with Crippen LogP contribution in [-0.2, 0) is 9.53 Å². The highest BCUT2D eigenvalue weighted by Gasteiger charge is 2.43. The predicted octanol–water partition coefficient (Wildman–Crippen LogP) is 2.93. The molecule has 1 unspecified atom stereocenters. The fourth-order valence-corrected chi connectivity index (χ4v) is 1.99. The summed E-state index contributed by atoms with van der Waals surface area (Å²) in [4.78, 5) is 10.7. The molecule has 0 N–H and O–H groups in total. The molecule has 1 rings (SSSR count). The van der Waals surface area contributed by atoms with Gasteiger partial charge in [0.1, 0.15) is 0 Å². The van der Waals surface area contributed by atoms with Crippen molar-refractivity contribution in [1.82, 2.24) is 0 Å². The largest absolute Gasteiger partial charge is 0.466 e. The summed E-state index contributed by atoms with van der Waals surface area (Å²) in [5.41, 5.74) is 1.74. The first-order chi connectivity index (χ1) is 6.48. The summed E-state index contributed by atoms with van der Waals surface area (Å²) in [5, 5.41) is 0. The number of hydrogen-bond acceptors (Lipinski definition) is 2. The van der Waals surface area contributed by atoms with E-state index >= 15 is 0 Å². The molecule has 0 aliphatic heterocycles. The van der Waals surface area contributed by atoms with Gasteiger partial charge in [-0.2, -0.15) is 0 Å². The molecule has 14 heavy (non-hydrogen) atoms. The second-order valence-corrected chi connectivity index (χ2v) is 4.56. The summed E-state index contributed by atoms with van der Waals surface area (Å²) in [6, 6.07) is 0. The Labute approximate surface area is 86.3 Å². The van der Waals surface area contributed by atoms with Crippen molar-refractivity contribution >= 4 is 5.97 Å². The van der Waals surface area contributed by atoms with Crippen molar-refractivity contribution in [2.24, 2.45) is 11.3 Å². The van der Waals surface area contributed by atoms with E-state index in [0.717, 1.165) is 12.8 Å². The molecule has 1 aliphatic carbocycles. The molecular formula is C12H20O2. The number of allylic oxidation sites excluding steroid dienone is 2. The van der Waals surface area contributed by atoms with Crippen molar-refractivity contribution in [3.8, 4) is 0 Å². The van der Waals surface area contributed by atoms with Crippen molar-refractivity contribution in [1.29, 1.82) is 0 Å². The van der Waals surface area contributed by atoms with Gasteiger partial charge in [0.05, 0.1) is 6.61 Å². The molecule has 0 aromatic rings. The van der Waals surface area contributed by atoms with Gasteiger partial charge in [-0.1, -0.05) is 32.4 Å². The van der Waals surface area contributed by atoms with Gasteiger partial charge in [-0.25, -0.2) is 0 Å². The van der Waals surface area contributed by atoms with Crippen LogP contribution in [0.5, 0.6) is 0 Å². The lowest BCUT2D eigenvalue weighted by Gasteiger charge is -2.47. The molecule has 0 aromatic heterocycles. The van der Waals surface area contributed by atoms with Crippen molar-refractivity contribution in [2.45, 2.75) is 40.5 Å². The van der Waals surface area contributed by atoms with E-state index in [4.69, 9.17) is 4.74 Å². The highest BCUT2D eigenvalue weighted by atomic mass is 16.5. The Morgan fingerprint density at radius 2 is 2.29 bits per heavy atom. The Morgan fingerprint density at radius 3 is 2.71 bits per heavy atom. The van der Waals surface area contributed by atoms with Gasteiger partial charge in [-0.3, -0.25) is 4.79 Å². The molecule has 1 saturated carbocycles. The maximum absolute atomic E-state index is 10.7. The standard InChI is InChI=1S/C12H20O2/c1-5-6-10-7-11(12(10,3)4)8-14-9(2)13/h6,11H,5,7-8H2,1-4H3. The quantitative estimate of drug-likeness (QED) is 0.512. The Hall–Kier alpha value is -0.790. The van der Waals surface area contributed by atoms with E-state index in [1.54, 1.807) is 0 Å². The number of esters is 1. The van der Waals surface area contributed by atoms with E-state index in [-0.39, 0.29) is 11.4 Å². The number of hydrogen-bond donors (Lipinski definition) is 0. The van der Waals surface area contributed by atoms with E-state index in [9.17, 15) is 4.79 Å². The van der Waals surface area contributed by atoms with Crippen LogP contribution in [-0.4, -0.2) is 12.6 Å². The van der Waals surface area contributed by atoms with Gasteiger partial charge in [-0.15, -0.1) is 0 Å². The zero-order valence-electron chi connectivity index (χ0n) is 9.59. The van der Waals surface area contributed by atoms with E-state index < -0.39 is 0 Å². The van der Waals surface area contributed by atoms with Crippen molar-refractivity contribution in [3.05, 3.63) is 11.6 Å². The zero-order chi connectivity index (χ0) is 10.8. The molecule has 1 fully saturated rings. The van der Waals surface area contributed by atoms with Crippen molar-refractivity contribution < 1.29 is 9.53 Å². The topological polar surface area (TPSA) is 26.3 Å². The van der Waals surface area contributed by atoms with Crippen molar-refractivity contribution in [3.63, 3.8) is 0 Å². The molecule has 1 atom stereocenters. The summed E-state index contributed by atoms with van der Waals surface area (Å²) in [7, 11) is 0. The third-order valence-electron chi connectivity index (χ3n) is 3.25. The smallest absolute Gasteiger partial charge is 0.302 e. The van der Waals surface area contributed by atoms with Crippen LogP contribution in [0.25, 0.3) is 0 Å². The van der Waals surface area contributed by atoms with Crippen LogP contribution >= 0.6 is 0 Å².